The van der Waals surface area contributed by atoms with Gasteiger partial charge in [0.15, 0.2) is 0 Å². The largest absolute Gasteiger partial charge is 0.411 e. The van der Waals surface area contributed by atoms with Crippen molar-refractivity contribution in [1.29, 1.82) is 0 Å². The smallest absolute Gasteiger partial charge is 0.0871 e. The molecule has 2 aromatic rings. The van der Waals surface area contributed by atoms with Crippen molar-refractivity contribution in [3.8, 4) is 0 Å². The Morgan fingerprint density at radius 3 is 2.63 bits per heavy atom. The van der Waals surface area contributed by atoms with E-state index in [0.717, 1.165) is 34.7 Å². The molecular formula is C16H14ClNO. The van der Waals surface area contributed by atoms with E-state index in [1.807, 2.05) is 24.3 Å². The van der Waals surface area contributed by atoms with E-state index in [-0.39, 0.29) is 0 Å². The highest BCUT2D eigenvalue weighted by atomic mass is 35.5. The molecule has 0 amide bonds. The van der Waals surface area contributed by atoms with Crippen LogP contribution in [0, 0.1) is 0 Å². The highest BCUT2D eigenvalue weighted by molar-refractivity contribution is 6.30. The molecular weight excluding hydrogens is 258 g/mol. The minimum Gasteiger partial charge on any atom is -0.411 e. The van der Waals surface area contributed by atoms with Crippen molar-refractivity contribution in [2.75, 3.05) is 0 Å². The highest BCUT2D eigenvalue weighted by Gasteiger charge is 2.26. The standard InChI is InChI=1S/C16H14ClNO/c17-12-6-7-14-15(10-12)13(8-9-16(14)18-19)11-4-2-1-3-5-11/h1-7,10,13,19H,8-9H2/b18-16+. The Morgan fingerprint density at radius 1 is 1.11 bits per heavy atom. The van der Waals surface area contributed by atoms with Gasteiger partial charge in [0.2, 0.25) is 0 Å². The third-order valence-electron chi connectivity index (χ3n) is 3.69. The molecule has 0 spiro atoms. The van der Waals surface area contributed by atoms with Gasteiger partial charge in [0.1, 0.15) is 0 Å². The lowest BCUT2D eigenvalue weighted by atomic mass is 9.78. The second-order valence-corrected chi connectivity index (χ2v) is 5.22. The maximum absolute atomic E-state index is 9.12. The molecule has 0 heterocycles. The molecule has 1 N–H and O–H groups in total. The van der Waals surface area contributed by atoms with E-state index in [1.165, 1.54) is 5.56 Å². The fourth-order valence-electron chi connectivity index (χ4n) is 2.79. The second kappa shape index (κ2) is 5.06. The number of fused-ring (bicyclic) bond motifs is 1. The van der Waals surface area contributed by atoms with E-state index >= 15 is 0 Å². The molecule has 0 radical (unpaired) electrons. The average Bonchev–Trinajstić information content (AvgIpc) is 2.46. The number of hydrogen-bond acceptors (Lipinski definition) is 2. The fourth-order valence-corrected chi connectivity index (χ4v) is 2.97. The van der Waals surface area contributed by atoms with E-state index < -0.39 is 0 Å². The summed E-state index contributed by atoms with van der Waals surface area (Å²) in [5.41, 5.74) is 4.19. The highest BCUT2D eigenvalue weighted by Crippen LogP contribution is 2.37. The van der Waals surface area contributed by atoms with E-state index in [2.05, 4.69) is 29.4 Å². The topological polar surface area (TPSA) is 32.6 Å². The van der Waals surface area contributed by atoms with Crippen LogP contribution in [0.15, 0.2) is 53.7 Å². The Balaban J connectivity index is 2.13. The Hall–Kier alpha value is -1.80. The van der Waals surface area contributed by atoms with Crippen LogP contribution in [0.4, 0.5) is 0 Å². The summed E-state index contributed by atoms with van der Waals surface area (Å²) in [4.78, 5) is 0. The van der Waals surface area contributed by atoms with Crippen LogP contribution in [-0.2, 0) is 0 Å². The quantitative estimate of drug-likeness (QED) is 0.603. The van der Waals surface area contributed by atoms with Gasteiger partial charge in [0.25, 0.3) is 0 Å². The molecule has 2 nitrogen and oxygen atoms in total. The van der Waals surface area contributed by atoms with Gasteiger partial charge in [0, 0.05) is 16.5 Å². The van der Waals surface area contributed by atoms with Crippen molar-refractivity contribution in [3.05, 3.63) is 70.2 Å². The minimum atomic E-state index is 0.320. The summed E-state index contributed by atoms with van der Waals surface area (Å²) in [6.45, 7) is 0. The molecule has 0 saturated heterocycles. The van der Waals surface area contributed by atoms with Crippen LogP contribution in [0.3, 0.4) is 0 Å². The van der Waals surface area contributed by atoms with Crippen molar-refractivity contribution in [1.82, 2.24) is 0 Å². The monoisotopic (exact) mass is 271 g/mol. The molecule has 1 aliphatic rings. The van der Waals surface area contributed by atoms with Crippen LogP contribution in [-0.4, -0.2) is 10.9 Å². The second-order valence-electron chi connectivity index (χ2n) is 4.78. The molecule has 1 unspecified atom stereocenters. The van der Waals surface area contributed by atoms with Crippen LogP contribution in [0.25, 0.3) is 0 Å². The van der Waals surface area contributed by atoms with Crippen LogP contribution >= 0.6 is 11.6 Å². The lowest BCUT2D eigenvalue weighted by Crippen LogP contribution is -2.17. The van der Waals surface area contributed by atoms with Crippen molar-refractivity contribution in [2.45, 2.75) is 18.8 Å². The number of nitrogens with zero attached hydrogens (tertiary/aromatic N) is 1. The predicted octanol–water partition coefficient (Wildman–Crippen LogP) is 4.44. The maximum Gasteiger partial charge on any atom is 0.0871 e. The van der Waals surface area contributed by atoms with Gasteiger partial charge in [0.05, 0.1) is 5.71 Å². The molecule has 1 atom stereocenters. The molecule has 0 saturated carbocycles. The van der Waals surface area contributed by atoms with E-state index in [1.54, 1.807) is 0 Å². The first-order chi connectivity index (χ1) is 9.29. The molecule has 0 fully saturated rings. The summed E-state index contributed by atoms with van der Waals surface area (Å²) in [6, 6.07) is 16.2. The Bertz CT molecular complexity index is 622. The molecule has 96 valence electrons. The number of oxime groups is 1. The van der Waals surface area contributed by atoms with E-state index in [4.69, 9.17) is 16.8 Å². The van der Waals surface area contributed by atoms with Gasteiger partial charge in [-0.15, -0.1) is 0 Å². The van der Waals surface area contributed by atoms with Crippen molar-refractivity contribution < 1.29 is 5.21 Å². The van der Waals surface area contributed by atoms with Gasteiger partial charge in [-0.2, -0.15) is 0 Å². The maximum atomic E-state index is 9.12. The predicted molar refractivity (Wildman–Crippen MR) is 77.3 cm³/mol. The minimum absolute atomic E-state index is 0.320. The number of hydrogen-bond donors (Lipinski definition) is 1. The van der Waals surface area contributed by atoms with Gasteiger partial charge >= 0.3 is 0 Å². The summed E-state index contributed by atoms with van der Waals surface area (Å²) in [5.74, 6) is 0.320. The Labute approximate surface area is 117 Å². The molecule has 0 aromatic heterocycles. The first kappa shape index (κ1) is 12.2. The van der Waals surface area contributed by atoms with E-state index in [0.29, 0.717) is 5.92 Å². The van der Waals surface area contributed by atoms with Gasteiger partial charge in [-0.25, -0.2) is 0 Å². The molecule has 3 rings (SSSR count). The normalized spacial score (nSPS) is 20.3. The molecule has 0 aliphatic heterocycles. The molecule has 3 heteroatoms. The van der Waals surface area contributed by atoms with Crippen LogP contribution in [0.1, 0.15) is 35.4 Å². The summed E-state index contributed by atoms with van der Waals surface area (Å²) >= 11 is 6.12. The summed E-state index contributed by atoms with van der Waals surface area (Å²) in [7, 11) is 0. The number of halogens is 1. The van der Waals surface area contributed by atoms with Crippen molar-refractivity contribution >= 4 is 17.3 Å². The third kappa shape index (κ3) is 2.24. The summed E-state index contributed by atoms with van der Waals surface area (Å²) < 4.78 is 0. The number of benzene rings is 2. The first-order valence-corrected chi connectivity index (χ1v) is 6.73. The molecule has 2 aromatic carbocycles. The molecule has 1 aliphatic carbocycles. The van der Waals surface area contributed by atoms with Crippen molar-refractivity contribution in [2.24, 2.45) is 5.16 Å². The lowest BCUT2D eigenvalue weighted by Gasteiger charge is -2.26. The van der Waals surface area contributed by atoms with Gasteiger partial charge < -0.3 is 5.21 Å². The SMILES string of the molecule is O/N=C1\CCC(c2ccccc2)c2cc(Cl)ccc21. The van der Waals surface area contributed by atoms with Crippen LogP contribution in [0.5, 0.6) is 0 Å². The zero-order valence-electron chi connectivity index (χ0n) is 10.4. The third-order valence-corrected chi connectivity index (χ3v) is 3.93. The fraction of sp³-hybridized carbons (Fsp3) is 0.188. The average molecular weight is 272 g/mol. The Kier molecular flexibility index (Phi) is 3.26. The van der Waals surface area contributed by atoms with Crippen LogP contribution < -0.4 is 0 Å². The lowest BCUT2D eigenvalue weighted by molar-refractivity contribution is 0.317. The molecule has 19 heavy (non-hydrogen) atoms. The molecule has 0 bridgehead atoms. The summed E-state index contributed by atoms with van der Waals surface area (Å²) in [6.07, 6.45) is 1.72. The van der Waals surface area contributed by atoms with Gasteiger partial charge in [-0.1, -0.05) is 53.2 Å². The van der Waals surface area contributed by atoms with Gasteiger partial charge in [-0.3, -0.25) is 0 Å². The zero-order valence-corrected chi connectivity index (χ0v) is 11.1. The van der Waals surface area contributed by atoms with E-state index in [9.17, 15) is 0 Å². The number of rotatable bonds is 1. The van der Waals surface area contributed by atoms with Gasteiger partial charge in [-0.05, 0) is 36.1 Å². The zero-order chi connectivity index (χ0) is 13.2. The Morgan fingerprint density at radius 2 is 1.89 bits per heavy atom. The summed E-state index contributed by atoms with van der Waals surface area (Å²) in [5, 5.41) is 13.3. The van der Waals surface area contributed by atoms with Crippen LogP contribution in [0.2, 0.25) is 5.02 Å². The first-order valence-electron chi connectivity index (χ1n) is 6.35. The van der Waals surface area contributed by atoms with Crippen molar-refractivity contribution in [3.63, 3.8) is 0 Å².